The maximum absolute atomic E-state index is 12.0. The van der Waals surface area contributed by atoms with Crippen molar-refractivity contribution in [2.45, 2.75) is 58.6 Å². The first-order chi connectivity index (χ1) is 8.32. The highest BCUT2D eigenvalue weighted by atomic mass is 16.3. The van der Waals surface area contributed by atoms with Gasteiger partial charge in [-0.05, 0) is 39.0 Å². The van der Waals surface area contributed by atoms with Crippen LogP contribution in [0.3, 0.4) is 0 Å². The predicted octanol–water partition coefficient (Wildman–Crippen LogP) is 1.38. The normalized spacial score (nSPS) is 21.9. The monoisotopic (exact) mass is 256 g/mol. The van der Waals surface area contributed by atoms with E-state index in [-0.39, 0.29) is 11.9 Å². The van der Waals surface area contributed by atoms with E-state index in [0.29, 0.717) is 5.92 Å². The summed E-state index contributed by atoms with van der Waals surface area (Å²) < 4.78 is 0. The van der Waals surface area contributed by atoms with E-state index in [1.165, 1.54) is 0 Å². The fourth-order valence-corrected chi connectivity index (χ4v) is 2.19. The molecule has 1 rings (SSSR count). The van der Waals surface area contributed by atoms with E-state index in [2.05, 4.69) is 24.1 Å². The lowest BCUT2D eigenvalue weighted by Crippen LogP contribution is -2.51. The van der Waals surface area contributed by atoms with Gasteiger partial charge in [-0.3, -0.25) is 9.69 Å². The highest BCUT2D eigenvalue weighted by Crippen LogP contribution is 2.22. The summed E-state index contributed by atoms with van der Waals surface area (Å²) in [5, 5.41) is 12.9. The molecule has 1 aliphatic rings. The third-order valence-corrected chi connectivity index (χ3v) is 3.82. The molecule has 4 heteroatoms. The van der Waals surface area contributed by atoms with Crippen LogP contribution in [-0.2, 0) is 4.79 Å². The van der Waals surface area contributed by atoms with Crippen molar-refractivity contribution in [3.8, 4) is 0 Å². The third kappa shape index (κ3) is 4.94. The smallest absolute Gasteiger partial charge is 0.237 e. The Labute approximate surface area is 111 Å². The molecule has 0 spiro atoms. The molecule has 1 atom stereocenters. The van der Waals surface area contributed by atoms with E-state index >= 15 is 0 Å². The van der Waals surface area contributed by atoms with E-state index in [1.807, 2.05) is 13.8 Å². The van der Waals surface area contributed by atoms with Gasteiger partial charge in [0.05, 0.1) is 11.6 Å². The molecule has 0 radical (unpaired) electrons. The van der Waals surface area contributed by atoms with Crippen molar-refractivity contribution in [3.63, 3.8) is 0 Å². The van der Waals surface area contributed by atoms with Crippen molar-refractivity contribution in [3.05, 3.63) is 0 Å². The number of nitrogens with one attached hydrogen (secondary N) is 1. The Morgan fingerprint density at radius 1 is 1.33 bits per heavy atom. The van der Waals surface area contributed by atoms with Gasteiger partial charge in [-0.2, -0.15) is 0 Å². The molecule has 1 saturated heterocycles. The number of likely N-dealkylation sites (tertiary alicyclic amines) is 1. The highest BCUT2D eigenvalue weighted by Gasteiger charge is 2.31. The molecule has 1 unspecified atom stereocenters. The van der Waals surface area contributed by atoms with Crippen LogP contribution in [0.15, 0.2) is 0 Å². The average Bonchev–Trinajstić information content (AvgIpc) is 2.27. The fourth-order valence-electron chi connectivity index (χ4n) is 2.19. The van der Waals surface area contributed by atoms with Crippen LogP contribution < -0.4 is 5.32 Å². The van der Waals surface area contributed by atoms with Crippen molar-refractivity contribution in [1.82, 2.24) is 10.2 Å². The van der Waals surface area contributed by atoms with E-state index < -0.39 is 5.60 Å². The second-order valence-corrected chi connectivity index (χ2v) is 6.18. The van der Waals surface area contributed by atoms with Crippen molar-refractivity contribution >= 4 is 5.91 Å². The van der Waals surface area contributed by atoms with E-state index in [4.69, 9.17) is 0 Å². The minimum Gasteiger partial charge on any atom is -0.390 e. The molecule has 1 aliphatic heterocycles. The summed E-state index contributed by atoms with van der Waals surface area (Å²) in [7, 11) is 0. The Morgan fingerprint density at radius 2 is 1.89 bits per heavy atom. The van der Waals surface area contributed by atoms with Crippen molar-refractivity contribution in [2.75, 3.05) is 19.6 Å². The first-order valence-electron chi connectivity index (χ1n) is 7.06. The van der Waals surface area contributed by atoms with E-state index in [0.717, 1.165) is 38.9 Å². The van der Waals surface area contributed by atoms with Crippen LogP contribution in [-0.4, -0.2) is 47.2 Å². The summed E-state index contributed by atoms with van der Waals surface area (Å²) in [5.41, 5.74) is -0.551. The summed E-state index contributed by atoms with van der Waals surface area (Å²) in [6.45, 7) is 10.5. The maximum atomic E-state index is 12.0. The maximum Gasteiger partial charge on any atom is 0.237 e. The van der Waals surface area contributed by atoms with Gasteiger partial charge in [0, 0.05) is 19.6 Å². The predicted molar refractivity (Wildman–Crippen MR) is 73.4 cm³/mol. The zero-order valence-electron chi connectivity index (χ0n) is 12.2. The van der Waals surface area contributed by atoms with Gasteiger partial charge < -0.3 is 10.4 Å². The van der Waals surface area contributed by atoms with Crippen LogP contribution >= 0.6 is 0 Å². The standard InChI is InChI=1S/C14H28N2O2/c1-11(2)5-8-15-13(17)12(3)16-9-6-14(4,18)7-10-16/h11-12,18H,5-10H2,1-4H3,(H,15,17). The molecule has 2 N–H and O–H groups in total. The molecule has 1 amide bonds. The Hall–Kier alpha value is -0.610. The molecule has 0 aromatic carbocycles. The Kier molecular flexibility index (Phi) is 5.60. The average molecular weight is 256 g/mol. The van der Waals surface area contributed by atoms with Gasteiger partial charge in [0.15, 0.2) is 0 Å². The number of aliphatic hydroxyl groups is 1. The second-order valence-electron chi connectivity index (χ2n) is 6.18. The Bertz CT molecular complexity index is 267. The molecule has 106 valence electrons. The summed E-state index contributed by atoms with van der Waals surface area (Å²) in [6.07, 6.45) is 2.51. The van der Waals surface area contributed by atoms with Gasteiger partial charge in [0.25, 0.3) is 0 Å². The number of carbonyl (C=O) groups is 1. The first kappa shape index (κ1) is 15.4. The molecule has 0 bridgehead atoms. The number of amides is 1. The van der Waals surface area contributed by atoms with Crippen LogP contribution in [0.5, 0.6) is 0 Å². The molecular formula is C14H28N2O2. The zero-order chi connectivity index (χ0) is 13.8. The summed E-state index contributed by atoms with van der Waals surface area (Å²) in [6, 6.07) is -0.0896. The summed E-state index contributed by atoms with van der Waals surface area (Å²) >= 11 is 0. The Balaban J connectivity index is 2.31. The molecule has 1 fully saturated rings. The lowest BCUT2D eigenvalue weighted by Gasteiger charge is -2.38. The lowest BCUT2D eigenvalue weighted by molar-refractivity contribution is -0.127. The van der Waals surface area contributed by atoms with Gasteiger partial charge >= 0.3 is 0 Å². The van der Waals surface area contributed by atoms with Gasteiger partial charge in [0.2, 0.25) is 5.91 Å². The molecule has 4 nitrogen and oxygen atoms in total. The number of hydrogen-bond donors (Lipinski definition) is 2. The fraction of sp³-hybridized carbons (Fsp3) is 0.929. The number of hydrogen-bond acceptors (Lipinski definition) is 3. The molecule has 0 aliphatic carbocycles. The van der Waals surface area contributed by atoms with Crippen LogP contribution in [0.25, 0.3) is 0 Å². The van der Waals surface area contributed by atoms with Gasteiger partial charge in [-0.25, -0.2) is 0 Å². The minimum atomic E-state index is -0.551. The molecule has 18 heavy (non-hydrogen) atoms. The SMILES string of the molecule is CC(C)CCNC(=O)C(C)N1CCC(C)(O)CC1. The van der Waals surface area contributed by atoms with Crippen molar-refractivity contribution in [2.24, 2.45) is 5.92 Å². The number of nitrogens with zero attached hydrogens (tertiary/aromatic N) is 1. The molecule has 1 heterocycles. The van der Waals surface area contributed by atoms with Gasteiger partial charge in [0.1, 0.15) is 0 Å². The van der Waals surface area contributed by atoms with Crippen LogP contribution in [0.2, 0.25) is 0 Å². The summed E-state index contributed by atoms with van der Waals surface area (Å²) in [4.78, 5) is 14.1. The van der Waals surface area contributed by atoms with Crippen molar-refractivity contribution < 1.29 is 9.90 Å². The lowest BCUT2D eigenvalue weighted by atomic mass is 9.93. The Morgan fingerprint density at radius 3 is 2.39 bits per heavy atom. The first-order valence-corrected chi connectivity index (χ1v) is 7.06. The molecule has 0 aromatic heterocycles. The summed E-state index contributed by atoms with van der Waals surface area (Å²) in [5.74, 6) is 0.725. The number of rotatable bonds is 5. The van der Waals surface area contributed by atoms with Crippen LogP contribution in [0, 0.1) is 5.92 Å². The van der Waals surface area contributed by atoms with Crippen molar-refractivity contribution in [1.29, 1.82) is 0 Å². The van der Waals surface area contributed by atoms with E-state index in [1.54, 1.807) is 0 Å². The van der Waals surface area contributed by atoms with Gasteiger partial charge in [-0.15, -0.1) is 0 Å². The largest absolute Gasteiger partial charge is 0.390 e. The van der Waals surface area contributed by atoms with Crippen LogP contribution in [0.4, 0.5) is 0 Å². The zero-order valence-corrected chi connectivity index (χ0v) is 12.2. The second kappa shape index (κ2) is 6.53. The van der Waals surface area contributed by atoms with Gasteiger partial charge in [-0.1, -0.05) is 13.8 Å². The molecular weight excluding hydrogens is 228 g/mol. The topological polar surface area (TPSA) is 52.6 Å². The van der Waals surface area contributed by atoms with E-state index in [9.17, 15) is 9.90 Å². The minimum absolute atomic E-state index is 0.0896. The molecule has 0 saturated carbocycles. The third-order valence-electron chi connectivity index (χ3n) is 3.82. The number of piperidine rings is 1. The number of carbonyl (C=O) groups excluding carboxylic acids is 1. The molecule has 0 aromatic rings. The highest BCUT2D eigenvalue weighted by molar-refractivity contribution is 5.81. The van der Waals surface area contributed by atoms with Crippen LogP contribution in [0.1, 0.15) is 47.0 Å². The quantitative estimate of drug-likeness (QED) is 0.781.